The number of aromatic nitrogens is 1. The quantitative estimate of drug-likeness (QED) is 0.862. The van der Waals surface area contributed by atoms with Crippen LogP contribution in [0.3, 0.4) is 0 Å². The van der Waals surface area contributed by atoms with Crippen LogP contribution in [0, 0.1) is 0 Å². The molecule has 3 rings (SSSR count). The zero-order chi connectivity index (χ0) is 14.7. The van der Waals surface area contributed by atoms with Gasteiger partial charge in [-0.25, -0.2) is 4.98 Å². The lowest BCUT2D eigenvalue weighted by molar-refractivity contribution is 0.0608. The Bertz CT molecular complexity index is 590. The number of amides is 1. The second-order valence-corrected chi connectivity index (χ2v) is 5.50. The molecular weight excluding hydrogens is 264 g/mol. The number of benzene rings is 1. The van der Waals surface area contributed by atoms with Gasteiger partial charge >= 0.3 is 0 Å². The standard InChI is InChI=1S/C17H20N2O2/c1-2-15-5-3-4-10-19(15)17(20)14-8-6-13(7-9-14)16-11-18-12-21-16/h6-9,11-12,15H,2-5,10H2,1H3/t15-/m1/s1. The second kappa shape index (κ2) is 6.12. The Hall–Kier alpha value is -2.10. The van der Waals surface area contributed by atoms with E-state index in [2.05, 4.69) is 11.9 Å². The van der Waals surface area contributed by atoms with Crippen molar-refractivity contribution in [2.24, 2.45) is 0 Å². The van der Waals surface area contributed by atoms with E-state index in [1.165, 1.54) is 12.8 Å². The van der Waals surface area contributed by atoms with Crippen LogP contribution in [0.1, 0.15) is 43.0 Å². The minimum atomic E-state index is 0.144. The van der Waals surface area contributed by atoms with E-state index in [4.69, 9.17) is 4.42 Å². The Labute approximate surface area is 124 Å². The zero-order valence-corrected chi connectivity index (χ0v) is 12.3. The first kappa shape index (κ1) is 13.9. The topological polar surface area (TPSA) is 46.3 Å². The van der Waals surface area contributed by atoms with Gasteiger partial charge in [0.05, 0.1) is 6.20 Å². The van der Waals surface area contributed by atoms with Gasteiger partial charge in [-0.05, 0) is 37.8 Å². The molecule has 1 fully saturated rings. The van der Waals surface area contributed by atoms with E-state index in [0.29, 0.717) is 6.04 Å². The summed E-state index contributed by atoms with van der Waals surface area (Å²) in [5.41, 5.74) is 1.69. The van der Waals surface area contributed by atoms with Gasteiger partial charge in [0.2, 0.25) is 0 Å². The lowest BCUT2D eigenvalue weighted by Crippen LogP contribution is -2.43. The van der Waals surface area contributed by atoms with Gasteiger partial charge in [0.15, 0.2) is 12.2 Å². The van der Waals surface area contributed by atoms with Crippen molar-refractivity contribution >= 4 is 5.91 Å². The molecule has 1 atom stereocenters. The molecule has 2 heterocycles. The number of carbonyl (C=O) groups is 1. The van der Waals surface area contributed by atoms with Crippen molar-refractivity contribution < 1.29 is 9.21 Å². The third kappa shape index (κ3) is 2.84. The lowest BCUT2D eigenvalue weighted by Gasteiger charge is -2.35. The van der Waals surface area contributed by atoms with E-state index in [0.717, 1.165) is 42.7 Å². The molecule has 1 aliphatic heterocycles. The molecule has 0 N–H and O–H groups in total. The van der Waals surface area contributed by atoms with E-state index in [-0.39, 0.29) is 5.91 Å². The van der Waals surface area contributed by atoms with Crippen LogP contribution in [0.25, 0.3) is 11.3 Å². The molecule has 0 aliphatic carbocycles. The molecule has 1 saturated heterocycles. The number of likely N-dealkylation sites (tertiary alicyclic amines) is 1. The largest absolute Gasteiger partial charge is 0.444 e. The van der Waals surface area contributed by atoms with Crippen molar-refractivity contribution in [2.75, 3.05) is 6.54 Å². The normalized spacial score (nSPS) is 18.7. The van der Waals surface area contributed by atoms with Gasteiger partial charge in [-0.1, -0.05) is 19.1 Å². The van der Waals surface area contributed by atoms with Crippen LogP contribution in [0.2, 0.25) is 0 Å². The highest BCUT2D eigenvalue weighted by molar-refractivity contribution is 5.95. The van der Waals surface area contributed by atoms with Gasteiger partial charge in [-0.15, -0.1) is 0 Å². The summed E-state index contributed by atoms with van der Waals surface area (Å²) in [6.07, 6.45) is 7.58. The maximum absolute atomic E-state index is 12.7. The summed E-state index contributed by atoms with van der Waals surface area (Å²) in [5, 5.41) is 0. The fourth-order valence-electron chi connectivity index (χ4n) is 2.99. The molecule has 110 valence electrons. The van der Waals surface area contributed by atoms with E-state index in [9.17, 15) is 4.79 Å². The maximum Gasteiger partial charge on any atom is 0.254 e. The van der Waals surface area contributed by atoms with Crippen molar-refractivity contribution in [3.8, 4) is 11.3 Å². The summed E-state index contributed by atoms with van der Waals surface area (Å²) < 4.78 is 5.26. The van der Waals surface area contributed by atoms with E-state index >= 15 is 0 Å². The summed E-state index contributed by atoms with van der Waals surface area (Å²) in [6.45, 7) is 3.03. The third-order valence-electron chi connectivity index (χ3n) is 4.21. The molecule has 1 aliphatic rings. The molecule has 4 nitrogen and oxygen atoms in total. The molecule has 1 amide bonds. The molecule has 0 unspecified atom stereocenters. The molecule has 0 saturated carbocycles. The van der Waals surface area contributed by atoms with E-state index < -0.39 is 0 Å². The fraction of sp³-hybridized carbons (Fsp3) is 0.412. The molecular formula is C17H20N2O2. The zero-order valence-electron chi connectivity index (χ0n) is 12.3. The lowest BCUT2D eigenvalue weighted by atomic mass is 9.98. The van der Waals surface area contributed by atoms with Crippen molar-refractivity contribution in [1.29, 1.82) is 0 Å². The predicted octanol–water partition coefficient (Wildman–Crippen LogP) is 3.75. The van der Waals surface area contributed by atoms with Crippen LogP contribution in [-0.4, -0.2) is 28.4 Å². The maximum atomic E-state index is 12.7. The van der Waals surface area contributed by atoms with Gasteiger partial charge in [0.25, 0.3) is 5.91 Å². The average Bonchev–Trinajstić information content (AvgIpc) is 3.09. The number of hydrogen-bond acceptors (Lipinski definition) is 3. The Morgan fingerprint density at radius 1 is 1.33 bits per heavy atom. The van der Waals surface area contributed by atoms with Crippen molar-refractivity contribution in [3.05, 3.63) is 42.4 Å². The summed E-state index contributed by atoms with van der Waals surface area (Å²) in [5.74, 6) is 0.865. The van der Waals surface area contributed by atoms with Crippen LogP contribution in [0.4, 0.5) is 0 Å². The highest BCUT2D eigenvalue weighted by Crippen LogP contribution is 2.23. The number of piperidine rings is 1. The van der Waals surface area contributed by atoms with E-state index in [1.54, 1.807) is 6.20 Å². The van der Waals surface area contributed by atoms with Gasteiger partial charge < -0.3 is 9.32 Å². The van der Waals surface area contributed by atoms with Gasteiger partial charge in [0, 0.05) is 23.7 Å². The molecule has 21 heavy (non-hydrogen) atoms. The minimum absolute atomic E-state index is 0.144. The number of oxazole rings is 1. The summed E-state index contributed by atoms with van der Waals surface area (Å²) in [7, 11) is 0. The fourth-order valence-corrected chi connectivity index (χ4v) is 2.99. The summed E-state index contributed by atoms with van der Waals surface area (Å²) in [6, 6.07) is 7.97. The van der Waals surface area contributed by atoms with Crippen LogP contribution < -0.4 is 0 Å². The van der Waals surface area contributed by atoms with Crippen molar-refractivity contribution in [2.45, 2.75) is 38.6 Å². The first-order valence-corrected chi connectivity index (χ1v) is 7.59. The van der Waals surface area contributed by atoms with Gasteiger partial charge in [-0.3, -0.25) is 4.79 Å². The highest BCUT2D eigenvalue weighted by atomic mass is 16.3. The first-order valence-electron chi connectivity index (χ1n) is 7.59. The Kier molecular flexibility index (Phi) is 4.04. The highest BCUT2D eigenvalue weighted by Gasteiger charge is 2.26. The van der Waals surface area contributed by atoms with E-state index in [1.807, 2.05) is 29.2 Å². The second-order valence-electron chi connectivity index (χ2n) is 5.50. The van der Waals surface area contributed by atoms with Crippen LogP contribution in [0.5, 0.6) is 0 Å². The number of carbonyl (C=O) groups excluding carboxylic acids is 1. The number of nitrogens with zero attached hydrogens (tertiary/aromatic N) is 2. The molecule has 1 aromatic heterocycles. The molecule has 1 aromatic carbocycles. The molecule has 2 aromatic rings. The predicted molar refractivity (Wildman–Crippen MR) is 80.9 cm³/mol. The smallest absolute Gasteiger partial charge is 0.254 e. The molecule has 0 bridgehead atoms. The molecule has 4 heteroatoms. The summed E-state index contributed by atoms with van der Waals surface area (Å²) >= 11 is 0. The Morgan fingerprint density at radius 2 is 2.14 bits per heavy atom. The first-order chi connectivity index (χ1) is 10.3. The summed E-state index contributed by atoms with van der Waals surface area (Å²) in [4.78, 5) is 18.6. The number of rotatable bonds is 3. The molecule has 0 spiro atoms. The Balaban J connectivity index is 1.78. The van der Waals surface area contributed by atoms with Crippen molar-refractivity contribution in [1.82, 2.24) is 9.88 Å². The minimum Gasteiger partial charge on any atom is -0.444 e. The average molecular weight is 284 g/mol. The van der Waals surface area contributed by atoms with Gasteiger partial charge in [0.1, 0.15) is 0 Å². The Morgan fingerprint density at radius 3 is 2.81 bits per heavy atom. The number of hydrogen-bond donors (Lipinski definition) is 0. The van der Waals surface area contributed by atoms with Gasteiger partial charge in [-0.2, -0.15) is 0 Å². The molecule has 0 radical (unpaired) electrons. The monoisotopic (exact) mass is 284 g/mol. The van der Waals surface area contributed by atoms with Crippen LogP contribution in [0.15, 0.2) is 41.3 Å². The van der Waals surface area contributed by atoms with Crippen molar-refractivity contribution in [3.63, 3.8) is 0 Å². The SMILES string of the molecule is CC[C@@H]1CCCCN1C(=O)c1ccc(-c2cnco2)cc1. The van der Waals surface area contributed by atoms with Crippen LogP contribution in [-0.2, 0) is 0 Å². The van der Waals surface area contributed by atoms with Crippen LogP contribution >= 0.6 is 0 Å². The third-order valence-corrected chi connectivity index (χ3v) is 4.21.